The lowest BCUT2D eigenvalue weighted by atomic mass is 10.1. The van der Waals surface area contributed by atoms with Crippen molar-refractivity contribution in [1.82, 2.24) is 4.90 Å². The summed E-state index contributed by atoms with van der Waals surface area (Å²) in [4.78, 5) is 13.8. The second kappa shape index (κ2) is 5.43. The summed E-state index contributed by atoms with van der Waals surface area (Å²) in [5.74, 6) is -0.0626. The van der Waals surface area contributed by atoms with Crippen molar-refractivity contribution in [2.75, 3.05) is 13.6 Å². The van der Waals surface area contributed by atoms with Gasteiger partial charge in [0, 0.05) is 25.4 Å². The molecule has 100 valence electrons. The first-order chi connectivity index (χ1) is 9.13. The molecule has 0 unspecified atom stereocenters. The van der Waals surface area contributed by atoms with E-state index >= 15 is 0 Å². The van der Waals surface area contributed by atoms with Crippen LogP contribution >= 0.6 is 0 Å². The van der Waals surface area contributed by atoms with Gasteiger partial charge >= 0.3 is 0 Å². The molecule has 0 bridgehead atoms. The molecule has 2 aromatic rings. The van der Waals surface area contributed by atoms with Crippen molar-refractivity contribution in [3.63, 3.8) is 0 Å². The van der Waals surface area contributed by atoms with Crippen molar-refractivity contribution in [2.24, 2.45) is 10.9 Å². The van der Waals surface area contributed by atoms with E-state index in [1.54, 1.807) is 7.05 Å². The summed E-state index contributed by atoms with van der Waals surface area (Å²) < 4.78 is 5.33. The third-order valence-electron chi connectivity index (χ3n) is 2.89. The van der Waals surface area contributed by atoms with Crippen molar-refractivity contribution in [1.29, 1.82) is 0 Å². The smallest absolute Gasteiger partial charge is 0.257 e. The lowest BCUT2D eigenvalue weighted by Gasteiger charge is -2.15. The minimum absolute atomic E-state index is 0.0942. The van der Waals surface area contributed by atoms with Gasteiger partial charge in [0.15, 0.2) is 0 Å². The van der Waals surface area contributed by atoms with E-state index in [2.05, 4.69) is 5.16 Å². The van der Waals surface area contributed by atoms with Crippen LogP contribution in [0.25, 0.3) is 11.0 Å². The molecule has 1 aromatic carbocycles. The van der Waals surface area contributed by atoms with Crippen molar-refractivity contribution in [2.45, 2.75) is 6.42 Å². The van der Waals surface area contributed by atoms with E-state index in [1.165, 1.54) is 11.2 Å². The summed E-state index contributed by atoms with van der Waals surface area (Å²) in [6, 6.07) is 7.35. The van der Waals surface area contributed by atoms with Crippen molar-refractivity contribution in [3.05, 3.63) is 36.1 Å². The maximum absolute atomic E-state index is 12.2. The first-order valence-electron chi connectivity index (χ1n) is 5.81. The summed E-state index contributed by atoms with van der Waals surface area (Å²) in [6.45, 7) is 0.369. The maximum atomic E-state index is 12.2. The number of hydrogen-bond acceptors (Lipinski definition) is 4. The molecular formula is C13H15N3O3. The highest BCUT2D eigenvalue weighted by atomic mass is 16.4. The zero-order chi connectivity index (χ0) is 13.8. The van der Waals surface area contributed by atoms with E-state index in [9.17, 15) is 4.79 Å². The summed E-state index contributed by atoms with van der Waals surface area (Å²) >= 11 is 0. The minimum atomic E-state index is -0.157. The van der Waals surface area contributed by atoms with E-state index in [0.29, 0.717) is 24.1 Å². The third-order valence-corrected chi connectivity index (χ3v) is 2.89. The molecule has 6 heteroatoms. The van der Waals surface area contributed by atoms with Crippen LogP contribution in [-0.4, -0.2) is 35.4 Å². The number of carbonyl (C=O) groups excluding carboxylic acids is 1. The Labute approximate surface area is 110 Å². The molecule has 0 atom stereocenters. The summed E-state index contributed by atoms with van der Waals surface area (Å²) in [7, 11) is 1.66. The Kier molecular flexibility index (Phi) is 3.70. The largest absolute Gasteiger partial charge is 0.463 e. The first kappa shape index (κ1) is 12.9. The Bertz CT molecular complexity index is 618. The molecular weight excluding hydrogens is 246 g/mol. The molecule has 0 radical (unpaired) electrons. The SMILES string of the molecule is CN(CCC(N)=NO)C(=O)c1coc2ccccc12. The van der Waals surface area contributed by atoms with Crippen LogP contribution in [0.4, 0.5) is 0 Å². The molecule has 3 N–H and O–H groups in total. The van der Waals surface area contributed by atoms with Gasteiger partial charge in [-0.3, -0.25) is 4.79 Å². The predicted molar refractivity (Wildman–Crippen MR) is 71.2 cm³/mol. The molecule has 0 fully saturated rings. The van der Waals surface area contributed by atoms with Gasteiger partial charge in [-0.2, -0.15) is 0 Å². The average molecular weight is 261 g/mol. The van der Waals surface area contributed by atoms with Crippen molar-refractivity contribution < 1.29 is 14.4 Å². The molecule has 1 heterocycles. The molecule has 0 saturated carbocycles. The molecule has 0 aliphatic heterocycles. The molecule has 1 amide bonds. The average Bonchev–Trinajstić information content (AvgIpc) is 2.87. The normalized spacial score (nSPS) is 11.7. The van der Waals surface area contributed by atoms with Gasteiger partial charge in [-0.15, -0.1) is 0 Å². The fraction of sp³-hybridized carbons (Fsp3) is 0.231. The highest BCUT2D eigenvalue weighted by Crippen LogP contribution is 2.21. The zero-order valence-electron chi connectivity index (χ0n) is 10.5. The Balaban J connectivity index is 2.15. The molecule has 0 aliphatic rings. The predicted octanol–water partition coefficient (Wildman–Crippen LogP) is 1.64. The Morgan fingerprint density at radius 2 is 2.21 bits per heavy atom. The van der Waals surface area contributed by atoms with Gasteiger partial charge in [-0.05, 0) is 6.07 Å². The number of hydrogen-bond donors (Lipinski definition) is 2. The fourth-order valence-electron chi connectivity index (χ4n) is 1.78. The molecule has 2 rings (SSSR count). The molecule has 19 heavy (non-hydrogen) atoms. The molecule has 0 spiro atoms. The zero-order valence-corrected chi connectivity index (χ0v) is 10.5. The van der Waals surface area contributed by atoms with Crippen LogP contribution in [0.3, 0.4) is 0 Å². The van der Waals surface area contributed by atoms with Crippen LogP contribution in [0.1, 0.15) is 16.8 Å². The number of fused-ring (bicyclic) bond motifs is 1. The Morgan fingerprint density at radius 3 is 2.95 bits per heavy atom. The highest BCUT2D eigenvalue weighted by molar-refractivity contribution is 6.05. The van der Waals surface area contributed by atoms with E-state index in [1.807, 2.05) is 24.3 Å². The van der Waals surface area contributed by atoms with E-state index in [4.69, 9.17) is 15.4 Å². The van der Waals surface area contributed by atoms with Crippen LogP contribution in [0.2, 0.25) is 0 Å². The van der Waals surface area contributed by atoms with E-state index in [0.717, 1.165) is 5.39 Å². The van der Waals surface area contributed by atoms with Crippen molar-refractivity contribution in [3.8, 4) is 0 Å². The highest BCUT2D eigenvalue weighted by Gasteiger charge is 2.17. The van der Waals surface area contributed by atoms with Crippen LogP contribution in [0.5, 0.6) is 0 Å². The van der Waals surface area contributed by atoms with Crippen LogP contribution in [0, 0.1) is 0 Å². The van der Waals surface area contributed by atoms with Crippen molar-refractivity contribution >= 4 is 22.7 Å². The number of rotatable bonds is 4. The number of nitrogens with two attached hydrogens (primary N) is 1. The quantitative estimate of drug-likeness (QED) is 0.379. The van der Waals surface area contributed by atoms with Gasteiger partial charge in [-0.25, -0.2) is 0 Å². The van der Waals surface area contributed by atoms with Crippen LogP contribution < -0.4 is 5.73 Å². The number of nitrogens with zero attached hydrogens (tertiary/aromatic N) is 2. The second-order valence-electron chi connectivity index (χ2n) is 4.21. The van der Waals surface area contributed by atoms with Gasteiger partial charge in [0.2, 0.25) is 0 Å². The number of benzene rings is 1. The topological polar surface area (TPSA) is 92.1 Å². The van der Waals surface area contributed by atoms with Gasteiger partial charge < -0.3 is 20.3 Å². The standard InChI is InChI=1S/C13H15N3O3/c1-16(7-6-12(14)15-18)13(17)10-8-19-11-5-3-2-4-9(10)11/h2-5,8,18H,6-7H2,1H3,(H2,14,15). The van der Waals surface area contributed by atoms with Gasteiger partial charge in [0.05, 0.1) is 5.56 Å². The monoisotopic (exact) mass is 261 g/mol. The first-order valence-corrected chi connectivity index (χ1v) is 5.81. The van der Waals surface area contributed by atoms with Gasteiger partial charge in [0.1, 0.15) is 17.7 Å². The summed E-state index contributed by atoms with van der Waals surface area (Å²) in [5.41, 5.74) is 6.56. The number of amidine groups is 1. The molecule has 1 aromatic heterocycles. The number of amides is 1. The Morgan fingerprint density at radius 1 is 1.47 bits per heavy atom. The fourth-order valence-corrected chi connectivity index (χ4v) is 1.78. The van der Waals surface area contributed by atoms with E-state index < -0.39 is 0 Å². The lowest BCUT2D eigenvalue weighted by Crippen LogP contribution is -2.30. The minimum Gasteiger partial charge on any atom is -0.463 e. The molecule has 0 aliphatic carbocycles. The summed E-state index contributed by atoms with van der Waals surface area (Å²) in [6.07, 6.45) is 1.77. The Hall–Kier alpha value is -2.50. The van der Waals surface area contributed by atoms with Crippen LogP contribution in [-0.2, 0) is 0 Å². The molecule has 6 nitrogen and oxygen atoms in total. The number of carbonyl (C=O) groups is 1. The van der Waals surface area contributed by atoms with E-state index in [-0.39, 0.29) is 11.7 Å². The third kappa shape index (κ3) is 2.67. The lowest BCUT2D eigenvalue weighted by molar-refractivity contribution is 0.0799. The number of furan rings is 1. The van der Waals surface area contributed by atoms with Gasteiger partial charge in [-0.1, -0.05) is 23.4 Å². The second-order valence-corrected chi connectivity index (χ2v) is 4.21. The maximum Gasteiger partial charge on any atom is 0.257 e. The van der Waals surface area contributed by atoms with Gasteiger partial charge in [0.25, 0.3) is 5.91 Å². The number of para-hydroxylation sites is 1. The molecule has 0 saturated heterocycles. The van der Waals surface area contributed by atoms with Crippen LogP contribution in [0.15, 0.2) is 40.1 Å². The summed E-state index contributed by atoms with van der Waals surface area (Å²) in [5, 5.41) is 12.1. The number of oxime groups is 1.